The number of hydrogen-bond acceptors (Lipinski definition) is 4. The number of nitrogens with zero attached hydrogens (tertiary/aromatic N) is 2. The van der Waals surface area contributed by atoms with E-state index in [1.54, 1.807) is 55.9 Å². The largest absolute Gasteiger partial charge is 0.480 e. The Morgan fingerprint density at radius 3 is 1.39 bits per heavy atom. The molecule has 3 rings (SSSR count). The van der Waals surface area contributed by atoms with E-state index >= 15 is 0 Å². The second-order valence-electron chi connectivity index (χ2n) is 7.55. The molecular formula is C26H27IN2O4. The fourth-order valence-corrected chi connectivity index (χ4v) is 3.87. The molecule has 2 amide bonds. The van der Waals surface area contributed by atoms with Crippen molar-refractivity contribution in [2.24, 2.45) is 0 Å². The van der Waals surface area contributed by atoms with Crippen molar-refractivity contribution in [1.29, 1.82) is 0 Å². The molecule has 0 saturated heterocycles. The van der Waals surface area contributed by atoms with Gasteiger partial charge in [0, 0.05) is 25.5 Å². The SMILES string of the molecule is C[C@@H](Oc1cccc(O[C@H](C)C(=O)N(C)c2ccccc2)c1I)C(=O)N(C)c1ccccc1. The zero-order chi connectivity index (χ0) is 24.0. The fourth-order valence-electron chi connectivity index (χ4n) is 3.26. The summed E-state index contributed by atoms with van der Waals surface area (Å²) in [5.74, 6) is 0.700. The first-order valence-electron chi connectivity index (χ1n) is 10.6. The molecule has 0 fully saturated rings. The third kappa shape index (κ3) is 6.04. The van der Waals surface area contributed by atoms with E-state index in [2.05, 4.69) is 22.6 Å². The van der Waals surface area contributed by atoms with Crippen molar-refractivity contribution >= 4 is 45.8 Å². The number of anilines is 2. The van der Waals surface area contributed by atoms with Crippen LogP contribution in [0.15, 0.2) is 78.9 Å². The average molecular weight is 558 g/mol. The van der Waals surface area contributed by atoms with Gasteiger partial charge < -0.3 is 19.3 Å². The van der Waals surface area contributed by atoms with E-state index in [1.165, 1.54) is 0 Å². The van der Waals surface area contributed by atoms with Gasteiger partial charge in [0.15, 0.2) is 12.2 Å². The van der Waals surface area contributed by atoms with Crippen LogP contribution in [0.5, 0.6) is 11.5 Å². The molecule has 3 aromatic carbocycles. The third-order valence-corrected chi connectivity index (χ3v) is 6.24. The Kier molecular flexibility index (Phi) is 8.32. The van der Waals surface area contributed by atoms with Gasteiger partial charge in [-0.2, -0.15) is 0 Å². The van der Waals surface area contributed by atoms with Crippen molar-refractivity contribution < 1.29 is 19.1 Å². The van der Waals surface area contributed by atoms with E-state index in [4.69, 9.17) is 9.47 Å². The van der Waals surface area contributed by atoms with Gasteiger partial charge in [-0.3, -0.25) is 9.59 Å². The molecular weight excluding hydrogens is 531 g/mol. The molecule has 0 heterocycles. The Labute approximate surface area is 208 Å². The van der Waals surface area contributed by atoms with E-state index in [0.717, 1.165) is 11.4 Å². The van der Waals surface area contributed by atoms with E-state index in [1.807, 2.05) is 60.7 Å². The van der Waals surface area contributed by atoms with Gasteiger partial charge in [0.1, 0.15) is 11.5 Å². The molecule has 0 bridgehead atoms. The number of halogens is 1. The van der Waals surface area contributed by atoms with Gasteiger partial charge in [-0.15, -0.1) is 0 Å². The number of para-hydroxylation sites is 2. The normalized spacial score (nSPS) is 12.4. The standard InChI is InChI=1S/C26H27IN2O4/c1-18(25(30)28(3)20-12-7-5-8-13-20)32-22-16-11-17-23(24(22)27)33-19(2)26(31)29(4)21-14-9-6-10-15-21/h5-19H,1-4H3/t18-,19-/m1/s1. The fraction of sp³-hybridized carbons (Fsp3) is 0.231. The summed E-state index contributed by atoms with van der Waals surface area (Å²) in [6, 6.07) is 24.1. The molecule has 0 aliphatic carbocycles. The molecule has 7 heteroatoms. The monoisotopic (exact) mass is 558 g/mol. The van der Waals surface area contributed by atoms with Crippen molar-refractivity contribution in [2.75, 3.05) is 23.9 Å². The Morgan fingerprint density at radius 2 is 1.03 bits per heavy atom. The second-order valence-corrected chi connectivity index (χ2v) is 8.63. The number of rotatable bonds is 8. The molecule has 0 unspecified atom stereocenters. The Hall–Kier alpha value is -3.07. The molecule has 0 aromatic heterocycles. The number of ether oxygens (including phenoxy) is 2. The predicted molar refractivity (Wildman–Crippen MR) is 139 cm³/mol. The lowest BCUT2D eigenvalue weighted by Gasteiger charge is -2.24. The molecule has 6 nitrogen and oxygen atoms in total. The van der Waals surface area contributed by atoms with E-state index in [0.29, 0.717) is 15.1 Å². The summed E-state index contributed by atoms with van der Waals surface area (Å²) < 4.78 is 12.6. The average Bonchev–Trinajstić information content (AvgIpc) is 2.85. The summed E-state index contributed by atoms with van der Waals surface area (Å²) in [7, 11) is 3.44. The number of hydrogen-bond donors (Lipinski definition) is 0. The minimum atomic E-state index is -0.706. The van der Waals surface area contributed by atoms with Crippen LogP contribution in [-0.2, 0) is 9.59 Å². The number of carbonyl (C=O) groups excluding carboxylic acids is 2. The Bertz CT molecular complexity index is 1010. The van der Waals surface area contributed by atoms with E-state index in [9.17, 15) is 9.59 Å². The van der Waals surface area contributed by atoms with E-state index in [-0.39, 0.29) is 11.8 Å². The lowest BCUT2D eigenvalue weighted by molar-refractivity contribution is -0.124. The third-order valence-electron chi connectivity index (χ3n) is 5.18. The maximum atomic E-state index is 12.8. The predicted octanol–water partition coefficient (Wildman–Crippen LogP) is 5.15. The van der Waals surface area contributed by atoms with Crippen LogP contribution in [0.1, 0.15) is 13.8 Å². The second kappa shape index (κ2) is 11.2. The molecule has 172 valence electrons. The topological polar surface area (TPSA) is 59.1 Å². The van der Waals surface area contributed by atoms with Crippen LogP contribution < -0.4 is 19.3 Å². The summed E-state index contributed by atoms with van der Waals surface area (Å²) in [5.41, 5.74) is 1.58. The van der Waals surface area contributed by atoms with Crippen molar-refractivity contribution in [3.8, 4) is 11.5 Å². The zero-order valence-electron chi connectivity index (χ0n) is 19.1. The highest BCUT2D eigenvalue weighted by molar-refractivity contribution is 14.1. The van der Waals surface area contributed by atoms with Gasteiger partial charge in [0.25, 0.3) is 11.8 Å². The van der Waals surface area contributed by atoms with Gasteiger partial charge in [-0.05, 0) is 72.8 Å². The first-order valence-corrected chi connectivity index (χ1v) is 11.6. The van der Waals surface area contributed by atoms with Crippen molar-refractivity contribution in [2.45, 2.75) is 26.1 Å². The van der Waals surface area contributed by atoms with Crippen LogP contribution in [0.25, 0.3) is 0 Å². The molecule has 3 aromatic rings. The smallest absolute Gasteiger partial charge is 0.267 e. The lowest BCUT2D eigenvalue weighted by atomic mass is 10.2. The lowest BCUT2D eigenvalue weighted by Crippen LogP contribution is -2.38. The molecule has 0 aliphatic rings. The minimum Gasteiger partial charge on any atom is -0.480 e. The first-order chi connectivity index (χ1) is 15.8. The first kappa shape index (κ1) is 24.6. The number of likely N-dealkylation sites (N-methyl/N-ethyl adjacent to an activating group) is 2. The quantitative estimate of drug-likeness (QED) is 0.359. The molecule has 0 N–H and O–H groups in total. The minimum absolute atomic E-state index is 0.170. The Balaban J connectivity index is 1.68. The summed E-state index contributed by atoms with van der Waals surface area (Å²) in [5, 5.41) is 0. The summed E-state index contributed by atoms with van der Waals surface area (Å²) in [4.78, 5) is 28.8. The van der Waals surface area contributed by atoms with Gasteiger partial charge in [-0.25, -0.2) is 0 Å². The summed E-state index contributed by atoms with van der Waals surface area (Å²) >= 11 is 2.11. The number of benzene rings is 3. The van der Waals surface area contributed by atoms with Gasteiger partial charge in [0.2, 0.25) is 0 Å². The maximum Gasteiger partial charge on any atom is 0.267 e. The molecule has 2 atom stereocenters. The van der Waals surface area contributed by atoms with Gasteiger partial charge >= 0.3 is 0 Å². The van der Waals surface area contributed by atoms with Crippen molar-refractivity contribution in [3.63, 3.8) is 0 Å². The molecule has 0 radical (unpaired) electrons. The number of carbonyl (C=O) groups is 2. The highest BCUT2D eigenvalue weighted by Gasteiger charge is 2.24. The van der Waals surface area contributed by atoms with Gasteiger partial charge in [0.05, 0.1) is 3.57 Å². The van der Waals surface area contributed by atoms with Crippen LogP contribution in [0.4, 0.5) is 11.4 Å². The maximum absolute atomic E-state index is 12.8. The summed E-state index contributed by atoms with van der Waals surface area (Å²) in [6.45, 7) is 3.43. The van der Waals surface area contributed by atoms with Crippen LogP contribution in [-0.4, -0.2) is 38.1 Å². The van der Waals surface area contributed by atoms with Crippen molar-refractivity contribution in [3.05, 3.63) is 82.4 Å². The van der Waals surface area contributed by atoms with E-state index < -0.39 is 12.2 Å². The molecule has 0 saturated carbocycles. The highest BCUT2D eigenvalue weighted by Crippen LogP contribution is 2.32. The van der Waals surface area contributed by atoms with Crippen LogP contribution in [0, 0.1) is 3.57 Å². The summed E-state index contributed by atoms with van der Waals surface area (Å²) in [6.07, 6.45) is -1.41. The molecule has 0 aliphatic heterocycles. The Morgan fingerprint density at radius 1 is 0.667 bits per heavy atom. The van der Waals surface area contributed by atoms with Crippen LogP contribution in [0.3, 0.4) is 0 Å². The van der Waals surface area contributed by atoms with Crippen LogP contribution in [0.2, 0.25) is 0 Å². The highest BCUT2D eigenvalue weighted by atomic mass is 127. The van der Waals surface area contributed by atoms with Crippen LogP contribution >= 0.6 is 22.6 Å². The molecule has 0 spiro atoms. The van der Waals surface area contributed by atoms with Gasteiger partial charge in [-0.1, -0.05) is 42.5 Å². The zero-order valence-corrected chi connectivity index (χ0v) is 21.2. The van der Waals surface area contributed by atoms with Crippen molar-refractivity contribution in [1.82, 2.24) is 0 Å². The number of amides is 2. The molecule has 33 heavy (non-hydrogen) atoms.